The van der Waals surface area contributed by atoms with Gasteiger partial charge in [0.1, 0.15) is 5.60 Å². The van der Waals surface area contributed by atoms with Crippen LogP contribution in [0.15, 0.2) is 0 Å². The maximum atomic E-state index is 7.09. The van der Waals surface area contributed by atoms with E-state index in [0.29, 0.717) is 0 Å². The van der Waals surface area contributed by atoms with Gasteiger partial charge < -0.3 is 4.74 Å². The Bertz CT molecular complexity index is 201. The van der Waals surface area contributed by atoms with E-state index >= 15 is 0 Å². The minimum atomic E-state index is 0.108. The molecule has 0 aromatic rings. The summed E-state index contributed by atoms with van der Waals surface area (Å²) < 4.78 is 5.58. The summed E-state index contributed by atoms with van der Waals surface area (Å²) in [4.78, 5) is 0. The molecule has 0 atom stereocenters. The van der Waals surface area contributed by atoms with Crippen LogP contribution in [-0.4, -0.2) is 12.0 Å². The Hall–Kier alpha value is -0.530. The molecular formula is C11H17NO. The SMILES string of the molecule is N=COC12CC3CC(CC(C3)C1)C2. The third kappa shape index (κ3) is 1.11. The van der Waals surface area contributed by atoms with Crippen molar-refractivity contribution >= 4 is 6.40 Å². The smallest absolute Gasteiger partial charge is 0.167 e. The summed E-state index contributed by atoms with van der Waals surface area (Å²) >= 11 is 0. The Kier molecular flexibility index (Phi) is 1.50. The van der Waals surface area contributed by atoms with Crippen molar-refractivity contribution in [2.75, 3.05) is 0 Å². The molecule has 2 nitrogen and oxygen atoms in total. The molecule has 0 unspecified atom stereocenters. The van der Waals surface area contributed by atoms with Gasteiger partial charge in [-0.05, 0) is 56.3 Å². The van der Waals surface area contributed by atoms with Crippen molar-refractivity contribution in [3.8, 4) is 0 Å². The van der Waals surface area contributed by atoms with Crippen LogP contribution in [0.3, 0.4) is 0 Å². The lowest BCUT2D eigenvalue weighted by Gasteiger charge is -2.55. The van der Waals surface area contributed by atoms with Crippen molar-refractivity contribution in [3.63, 3.8) is 0 Å². The molecule has 2 heteroatoms. The molecule has 4 bridgehead atoms. The molecule has 0 amide bonds. The summed E-state index contributed by atoms with van der Waals surface area (Å²) in [5.74, 6) is 2.77. The van der Waals surface area contributed by atoms with Crippen LogP contribution in [0.25, 0.3) is 0 Å². The molecule has 0 aliphatic heterocycles. The van der Waals surface area contributed by atoms with Gasteiger partial charge in [-0.3, -0.25) is 5.41 Å². The van der Waals surface area contributed by atoms with Crippen LogP contribution in [0.4, 0.5) is 0 Å². The van der Waals surface area contributed by atoms with Gasteiger partial charge in [0, 0.05) is 0 Å². The molecule has 0 spiro atoms. The average Bonchev–Trinajstić information content (AvgIpc) is 2.00. The fourth-order valence-corrected chi connectivity index (χ4v) is 4.30. The second-order valence-corrected chi connectivity index (χ2v) is 5.34. The summed E-state index contributed by atoms with van der Waals surface area (Å²) in [5.41, 5.74) is 0.108. The first-order chi connectivity index (χ1) is 6.30. The number of hydrogen-bond donors (Lipinski definition) is 1. The summed E-state index contributed by atoms with van der Waals surface area (Å²) in [6, 6.07) is 0. The lowest BCUT2D eigenvalue weighted by Crippen LogP contribution is -2.51. The number of ether oxygens (including phenoxy) is 1. The highest BCUT2D eigenvalue weighted by Gasteiger charge is 2.52. The number of nitrogens with one attached hydrogen (secondary N) is 1. The zero-order valence-corrected chi connectivity index (χ0v) is 7.96. The van der Waals surface area contributed by atoms with E-state index in [1.165, 1.54) is 44.9 Å². The lowest BCUT2D eigenvalue weighted by molar-refractivity contribution is -0.112. The first-order valence-electron chi connectivity index (χ1n) is 5.46. The van der Waals surface area contributed by atoms with E-state index in [0.717, 1.165) is 17.8 Å². The maximum Gasteiger partial charge on any atom is 0.167 e. The van der Waals surface area contributed by atoms with E-state index < -0.39 is 0 Å². The van der Waals surface area contributed by atoms with Crippen LogP contribution in [0, 0.1) is 23.2 Å². The Morgan fingerprint density at radius 1 is 1.00 bits per heavy atom. The van der Waals surface area contributed by atoms with Crippen LogP contribution >= 0.6 is 0 Å². The van der Waals surface area contributed by atoms with Gasteiger partial charge in [0.15, 0.2) is 6.40 Å². The minimum absolute atomic E-state index is 0.108. The molecule has 4 rings (SSSR count). The maximum absolute atomic E-state index is 7.09. The van der Waals surface area contributed by atoms with Gasteiger partial charge in [-0.2, -0.15) is 0 Å². The Balaban J connectivity index is 1.87. The summed E-state index contributed by atoms with van der Waals surface area (Å²) in [6.07, 6.45) is 9.20. The van der Waals surface area contributed by atoms with Crippen molar-refractivity contribution < 1.29 is 4.74 Å². The normalized spacial score (nSPS) is 52.2. The highest BCUT2D eigenvalue weighted by Crippen LogP contribution is 2.56. The number of hydrogen-bond acceptors (Lipinski definition) is 2. The molecule has 4 saturated carbocycles. The van der Waals surface area contributed by atoms with Crippen LogP contribution in [0.5, 0.6) is 0 Å². The zero-order valence-electron chi connectivity index (χ0n) is 7.96. The van der Waals surface area contributed by atoms with Gasteiger partial charge in [-0.25, -0.2) is 0 Å². The van der Waals surface area contributed by atoms with Crippen molar-refractivity contribution in [2.24, 2.45) is 17.8 Å². The van der Waals surface area contributed by atoms with Gasteiger partial charge >= 0.3 is 0 Å². The fraction of sp³-hybridized carbons (Fsp3) is 0.909. The molecule has 0 aromatic carbocycles. The van der Waals surface area contributed by atoms with Crippen molar-refractivity contribution in [2.45, 2.75) is 44.1 Å². The molecule has 1 N–H and O–H groups in total. The predicted molar refractivity (Wildman–Crippen MR) is 50.8 cm³/mol. The topological polar surface area (TPSA) is 33.1 Å². The molecule has 0 heterocycles. The Labute approximate surface area is 79.2 Å². The van der Waals surface area contributed by atoms with Crippen LogP contribution in [0.1, 0.15) is 38.5 Å². The second kappa shape index (κ2) is 2.49. The van der Waals surface area contributed by atoms with E-state index in [1.54, 1.807) is 0 Å². The lowest BCUT2D eigenvalue weighted by atomic mass is 9.54. The molecular weight excluding hydrogens is 162 g/mol. The fourth-order valence-electron chi connectivity index (χ4n) is 4.30. The molecule has 13 heavy (non-hydrogen) atoms. The molecule has 0 aromatic heterocycles. The van der Waals surface area contributed by atoms with Crippen LogP contribution in [0.2, 0.25) is 0 Å². The van der Waals surface area contributed by atoms with Gasteiger partial charge in [0.05, 0.1) is 0 Å². The Morgan fingerprint density at radius 3 is 1.85 bits per heavy atom. The third-order valence-electron chi connectivity index (χ3n) is 4.29. The standard InChI is InChI=1S/C11H17NO/c12-7-13-11-4-8-1-9(5-11)3-10(2-8)6-11/h7-10,12H,1-6H2. The predicted octanol–water partition coefficient (Wildman–Crippen LogP) is 2.58. The van der Waals surface area contributed by atoms with E-state index in [2.05, 4.69) is 0 Å². The zero-order chi connectivity index (χ0) is 8.89. The van der Waals surface area contributed by atoms with Crippen molar-refractivity contribution in [1.82, 2.24) is 0 Å². The van der Waals surface area contributed by atoms with Crippen molar-refractivity contribution in [3.05, 3.63) is 0 Å². The first-order valence-corrected chi connectivity index (χ1v) is 5.46. The molecule has 0 radical (unpaired) electrons. The average molecular weight is 179 g/mol. The third-order valence-corrected chi connectivity index (χ3v) is 4.29. The molecule has 72 valence electrons. The van der Waals surface area contributed by atoms with E-state index in [4.69, 9.17) is 10.1 Å². The highest BCUT2D eigenvalue weighted by molar-refractivity contribution is 5.42. The molecule has 0 saturated heterocycles. The van der Waals surface area contributed by atoms with E-state index in [-0.39, 0.29) is 5.60 Å². The number of rotatable bonds is 2. The Morgan fingerprint density at radius 2 is 1.46 bits per heavy atom. The largest absolute Gasteiger partial charge is 0.477 e. The minimum Gasteiger partial charge on any atom is -0.477 e. The van der Waals surface area contributed by atoms with Gasteiger partial charge in [-0.15, -0.1) is 0 Å². The van der Waals surface area contributed by atoms with Crippen molar-refractivity contribution in [1.29, 1.82) is 5.41 Å². The summed E-state index contributed by atoms with van der Waals surface area (Å²) in [5, 5.41) is 7.09. The van der Waals surface area contributed by atoms with E-state index in [9.17, 15) is 0 Å². The molecule has 4 aliphatic carbocycles. The van der Waals surface area contributed by atoms with Gasteiger partial charge in [-0.1, -0.05) is 0 Å². The molecule has 4 fully saturated rings. The van der Waals surface area contributed by atoms with Gasteiger partial charge in [0.2, 0.25) is 0 Å². The van der Waals surface area contributed by atoms with Crippen LogP contribution in [-0.2, 0) is 4.74 Å². The summed E-state index contributed by atoms with van der Waals surface area (Å²) in [7, 11) is 0. The van der Waals surface area contributed by atoms with Gasteiger partial charge in [0.25, 0.3) is 0 Å². The summed E-state index contributed by atoms with van der Waals surface area (Å²) in [6.45, 7) is 0. The van der Waals surface area contributed by atoms with Crippen LogP contribution < -0.4 is 0 Å². The second-order valence-electron chi connectivity index (χ2n) is 5.34. The first kappa shape index (κ1) is 7.84. The monoisotopic (exact) mass is 179 g/mol. The molecule has 4 aliphatic rings. The highest BCUT2D eigenvalue weighted by atomic mass is 16.5. The van der Waals surface area contributed by atoms with E-state index in [1.807, 2.05) is 0 Å². The quantitative estimate of drug-likeness (QED) is 0.513.